The van der Waals surface area contributed by atoms with Crippen LogP contribution in [0.1, 0.15) is 0 Å². The molecular formula is C52H32N6. The summed E-state index contributed by atoms with van der Waals surface area (Å²) in [6.07, 6.45) is 0. The molecule has 0 spiro atoms. The number of nitrogens with zero attached hydrogens (tertiary/aromatic N) is 6. The number of rotatable bonds is 5. The minimum Gasteiger partial charge on any atom is -0.307 e. The van der Waals surface area contributed by atoms with Crippen LogP contribution in [0.2, 0.25) is 0 Å². The normalized spacial score (nSPS) is 11.8. The van der Waals surface area contributed by atoms with Gasteiger partial charge in [-0.05, 0) is 59.0 Å². The molecule has 0 radical (unpaired) electrons. The predicted molar refractivity (Wildman–Crippen MR) is 237 cm³/mol. The van der Waals surface area contributed by atoms with Crippen LogP contribution in [0, 0.1) is 0 Å². The van der Waals surface area contributed by atoms with Crippen molar-refractivity contribution in [3.63, 3.8) is 0 Å². The average molecular weight is 741 g/mol. The molecular weight excluding hydrogens is 709 g/mol. The first kappa shape index (κ1) is 32.3. The summed E-state index contributed by atoms with van der Waals surface area (Å²) < 4.78 is 4.73. The smallest absolute Gasteiger partial charge is 0.164 e. The van der Waals surface area contributed by atoms with E-state index in [9.17, 15) is 0 Å². The van der Waals surface area contributed by atoms with E-state index >= 15 is 0 Å². The Hall–Kier alpha value is -7.96. The number of benzene rings is 8. The summed E-state index contributed by atoms with van der Waals surface area (Å²) >= 11 is 0. The Kier molecular flexibility index (Phi) is 7.13. The highest BCUT2D eigenvalue weighted by Crippen LogP contribution is 2.40. The van der Waals surface area contributed by atoms with Gasteiger partial charge in [0.05, 0.1) is 22.1 Å². The van der Waals surface area contributed by atoms with Crippen molar-refractivity contribution in [2.75, 3.05) is 0 Å². The molecule has 0 aliphatic carbocycles. The van der Waals surface area contributed by atoms with E-state index in [0.29, 0.717) is 17.5 Å². The summed E-state index contributed by atoms with van der Waals surface area (Å²) in [4.78, 5) is 20.4. The van der Waals surface area contributed by atoms with Crippen LogP contribution in [-0.4, -0.2) is 28.9 Å². The molecule has 12 aromatic rings. The molecule has 0 aliphatic heterocycles. The maximum Gasteiger partial charge on any atom is 0.164 e. The van der Waals surface area contributed by atoms with Crippen LogP contribution in [0.4, 0.5) is 0 Å². The van der Waals surface area contributed by atoms with Crippen LogP contribution in [0.15, 0.2) is 194 Å². The van der Waals surface area contributed by atoms with E-state index in [1.54, 1.807) is 0 Å². The molecule has 6 nitrogen and oxygen atoms in total. The average Bonchev–Trinajstić information content (AvgIpc) is 3.87. The summed E-state index contributed by atoms with van der Waals surface area (Å²) in [6, 6.07) is 67.9. The molecule has 0 amide bonds. The van der Waals surface area contributed by atoms with Crippen molar-refractivity contribution in [1.82, 2.24) is 28.9 Å². The van der Waals surface area contributed by atoms with Gasteiger partial charge in [-0.15, -0.1) is 0 Å². The van der Waals surface area contributed by atoms with Crippen molar-refractivity contribution in [2.24, 2.45) is 0 Å². The first-order valence-electron chi connectivity index (χ1n) is 19.5. The summed E-state index contributed by atoms with van der Waals surface area (Å²) in [5.74, 6) is 1.91. The highest BCUT2D eigenvalue weighted by Gasteiger charge is 2.21. The van der Waals surface area contributed by atoms with Gasteiger partial charge in [0, 0.05) is 43.9 Å². The van der Waals surface area contributed by atoms with Crippen molar-refractivity contribution in [3.8, 4) is 51.0 Å². The Balaban J connectivity index is 1.05. The van der Waals surface area contributed by atoms with Gasteiger partial charge in [-0.1, -0.05) is 152 Å². The van der Waals surface area contributed by atoms with E-state index in [4.69, 9.17) is 19.9 Å². The lowest BCUT2D eigenvalue weighted by atomic mass is 10.0. The molecule has 0 bridgehead atoms. The third-order valence-electron chi connectivity index (χ3n) is 11.3. The lowest BCUT2D eigenvalue weighted by Crippen LogP contribution is -2.00. The lowest BCUT2D eigenvalue weighted by Gasteiger charge is -2.12. The maximum atomic E-state index is 5.51. The van der Waals surface area contributed by atoms with Gasteiger partial charge in [-0.2, -0.15) is 0 Å². The number of hydrogen-bond donors (Lipinski definition) is 0. The van der Waals surface area contributed by atoms with E-state index in [1.165, 1.54) is 21.5 Å². The minimum atomic E-state index is 0.627. The van der Waals surface area contributed by atoms with E-state index in [-0.39, 0.29) is 0 Å². The van der Waals surface area contributed by atoms with Gasteiger partial charge in [-0.25, -0.2) is 19.9 Å². The third kappa shape index (κ3) is 4.98. The molecule has 4 aromatic heterocycles. The molecule has 0 saturated carbocycles. The third-order valence-corrected chi connectivity index (χ3v) is 11.3. The minimum absolute atomic E-state index is 0.627. The molecule has 0 N–H and O–H groups in total. The summed E-state index contributed by atoms with van der Waals surface area (Å²) in [6.45, 7) is 0. The Morgan fingerprint density at radius 1 is 0.310 bits per heavy atom. The predicted octanol–water partition coefficient (Wildman–Crippen LogP) is 12.7. The quantitative estimate of drug-likeness (QED) is 0.165. The van der Waals surface area contributed by atoms with Crippen molar-refractivity contribution in [1.29, 1.82) is 0 Å². The van der Waals surface area contributed by atoms with Crippen LogP contribution >= 0.6 is 0 Å². The molecule has 0 unspecified atom stereocenters. The Labute approximate surface area is 333 Å². The second-order valence-electron chi connectivity index (χ2n) is 14.7. The molecule has 4 heterocycles. The second-order valence-corrected chi connectivity index (χ2v) is 14.7. The van der Waals surface area contributed by atoms with E-state index in [2.05, 4.69) is 142 Å². The van der Waals surface area contributed by atoms with Crippen LogP contribution in [0.5, 0.6) is 0 Å². The molecule has 0 aliphatic rings. The van der Waals surface area contributed by atoms with Crippen LogP contribution in [-0.2, 0) is 0 Å². The fraction of sp³-hybridized carbons (Fsp3) is 0. The first-order valence-corrected chi connectivity index (χ1v) is 19.5. The molecule has 0 saturated heterocycles. The largest absolute Gasteiger partial charge is 0.307 e. The number of fused-ring (bicyclic) bond motifs is 12. The molecule has 8 aromatic carbocycles. The van der Waals surface area contributed by atoms with Crippen LogP contribution < -0.4 is 0 Å². The van der Waals surface area contributed by atoms with E-state index < -0.39 is 0 Å². The first-order chi connectivity index (χ1) is 28.8. The standard InChI is InChI=1S/C52H32N6/c1-3-15-33(16-4-1)49-54-50(34-17-5-2-6-18-34)56-51(55-49)37-21-13-19-35(31-37)36-20-14-22-38(32-36)57-44-27-11-10-25-41(44)42-29-30-46-47(48(42)57)53-52-43-26-8-7-23-39(43)40-24-9-12-28-45(40)58(46)52/h1-32H. The Morgan fingerprint density at radius 3 is 1.53 bits per heavy atom. The number of hydrogen-bond acceptors (Lipinski definition) is 4. The van der Waals surface area contributed by atoms with Gasteiger partial charge in [0.2, 0.25) is 0 Å². The van der Waals surface area contributed by atoms with E-state index in [1.807, 2.05) is 60.7 Å². The Morgan fingerprint density at radius 2 is 0.828 bits per heavy atom. The second kappa shape index (κ2) is 12.8. The van der Waals surface area contributed by atoms with Crippen LogP contribution in [0.3, 0.4) is 0 Å². The van der Waals surface area contributed by atoms with Crippen LogP contribution in [0.25, 0.3) is 111 Å². The zero-order chi connectivity index (χ0) is 38.2. The van der Waals surface area contributed by atoms with Gasteiger partial charge in [0.1, 0.15) is 11.2 Å². The number of para-hydroxylation sites is 2. The summed E-state index contributed by atoms with van der Waals surface area (Å²) in [5.41, 5.74) is 12.4. The van der Waals surface area contributed by atoms with Gasteiger partial charge in [-0.3, -0.25) is 4.40 Å². The van der Waals surface area contributed by atoms with Crippen molar-refractivity contribution in [3.05, 3.63) is 194 Å². The maximum absolute atomic E-state index is 5.51. The zero-order valence-electron chi connectivity index (χ0n) is 31.2. The fourth-order valence-electron chi connectivity index (χ4n) is 8.69. The molecule has 0 atom stereocenters. The van der Waals surface area contributed by atoms with E-state index in [0.717, 1.165) is 72.1 Å². The monoisotopic (exact) mass is 740 g/mol. The number of imidazole rings is 1. The van der Waals surface area contributed by atoms with Crippen molar-refractivity contribution in [2.45, 2.75) is 0 Å². The molecule has 58 heavy (non-hydrogen) atoms. The zero-order valence-corrected chi connectivity index (χ0v) is 31.2. The number of pyridine rings is 1. The van der Waals surface area contributed by atoms with Gasteiger partial charge in [0.25, 0.3) is 0 Å². The highest BCUT2D eigenvalue weighted by molar-refractivity contribution is 6.20. The van der Waals surface area contributed by atoms with Gasteiger partial charge in [0.15, 0.2) is 17.5 Å². The summed E-state index contributed by atoms with van der Waals surface area (Å²) in [5, 5.41) is 5.92. The van der Waals surface area contributed by atoms with Crippen molar-refractivity contribution >= 4 is 60.2 Å². The Bertz CT molecular complexity index is 3510. The highest BCUT2D eigenvalue weighted by atomic mass is 15.1. The molecule has 6 heteroatoms. The van der Waals surface area contributed by atoms with Gasteiger partial charge < -0.3 is 4.57 Å². The number of aromatic nitrogens is 6. The molecule has 12 rings (SSSR count). The fourth-order valence-corrected chi connectivity index (χ4v) is 8.69. The lowest BCUT2D eigenvalue weighted by molar-refractivity contribution is 1.07. The SMILES string of the molecule is c1ccc(-c2nc(-c3ccccc3)nc(-c3cccc(-c4cccc(-n5c6ccccc6c6ccc7c(nc8c9ccccc9c9ccccc9n78)c65)c4)c3)n2)cc1. The summed E-state index contributed by atoms with van der Waals surface area (Å²) in [7, 11) is 0. The van der Waals surface area contributed by atoms with Gasteiger partial charge >= 0.3 is 0 Å². The van der Waals surface area contributed by atoms with Crippen molar-refractivity contribution < 1.29 is 0 Å². The molecule has 0 fully saturated rings. The topological polar surface area (TPSA) is 60.9 Å². The molecule has 270 valence electrons.